The number of aromatic nitrogens is 1. The van der Waals surface area contributed by atoms with Crippen LogP contribution in [-0.4, -0.2) is 11.1 Å². The Balaban J connectivity index is 1.98. The van der Waals surface area contributed by atoms with Crippen LogP contribution in [0.5, 0.6) is 5.88 Å². The number of rotatable bonds is 3. The van der Waals surface area contributed by atoms with E-state index in [9.17, 15) is 0 Å². The van der Waals surface area contributed by atoms with E-state index in [1.807, 2.05) is 6.92 Å². The standard InChI is InChI=1S/C15H22BrNO/c1-10(2)12-5-7-13(8-6-12)18-15-14(16)9-4-11(3)17-15/h4,9-10,12-13H,5-8H2,1-3H3/t12-,13+/i4D. The lowest BCUT2D eigenvalue weighted by Crippen LogP contribution is -2.26. The zero-order valence-electron chi connectivity index (χ0n) is 12.4. The molecule has 0 saturated heterocycles. The van der Waals surface area contributed by atoms with Gasteiger partial charge in [-0.05, 0) is 72.5 Å². The fraction of sp³-hybridized carbons (Fsp3) is 0.667. The third kappa shape index (κ3) is 3.47. The predicted molar refractivity (Wildman–Crippen MR) is 77.9 cm³/mol. The second kappa shape index (κ2) is 6.05. The van der Waals surface area contributed by atoms with E-state index >= 15 is 0 Å². The molecule has 0 radical (unpaired) electrons. The van der Waals surface area contributed by atoms with Crippen molar-refractivity contribution in [3.8, 4) is 5.88 Å². The molecule has 1 aliphatic rings. The highest BCUT2D eigenvalue weighted by molar-refractivity contribution is 9.10. The van der Waals surface area contributed by atoms with Gasteiger partial charge in [0.15, 0.2) is 0 Å². The quantitative estimate of drug-likeness (QED) is 0.803. The van der Waals surface area contributed by atoms with Crippen LogP contribution in [0.1, 0.15) is 46.6 Å². The first-order valence-corrected chi connectivity index (χ1v) is 7.57. The molecule has 0 aromatic carbocycles. The Bertz CT molecular complexity index is 442. The van der Waals surface area contributed by atoms with Crippen LogP contribution in [0.25, 0.3) is 0 Å². The first-order chi connectivity index (χ1) is 8.97. The summed E-state index contributed by atoms with van der Waals surface area (Å²) in [6.45, 7) is 6.46. The molecule has 0 aliphatic heterocycles. The molecule has 0 bridgehead atoms. The van der Waals surface area contributed by atoms with Crippen molar-refractivity contribution in [1.82, 2.24) is 4.98 Å². The summed E-state index contributed by atoms with van der Waals surface area (Å²) >= 11 is 3.44. The van der Waals surface area contributed by atoms with E-state index in [0.29, 0.717) is 17.6 Å². The van der Waals surface area contributed by atoms with Crippen molar-refractivity contribution < 1.29 is 6.11 Å². The van der Waals surface area contributed by atoms with Gasteiger partial charge in [0, 0.05) is 5.69 Å². The van der Waals surface area contributed by atoms with Gasteiger partial charge >= 0.3 is 0 Å². The maximum atomic E-state index is 7.70. The number of ether oxygens (including phenoxy) is 1. The molecular formula is C15H22BrNO. The zero-order valence-corrected chi connectivity index (χ0v) is 13.0. The number of hydrogen-bond acceptors (Lipinski definition) is 2. The molecule has 1 aliphatic carbocycles. The minimum Gasteiger partial charge on any atom is -0.474 e. The van der Waals surface area contributed by atoms with Crippen molar-refractivity contribution in [3.05, 3.63) is 22.3 Å². The maximum absolute atomic E-state index is 7.70. The topological polar surface area (TPSA) is 22.1 Å². The summed E-state index contributed by atoms with van der Waals surface area (Å²) in [4.78, 5) is 4.36. The van der Waals surface area contributed by atoms with Crippen molar-refractivity contribution in [3.63, 3.8) is 0 Å². The highest BCUT2D eigenvalue weighted by atomic mass is 79.9. The highest BCUT2D eigenvalue weighted by Crippen LogP contribution is 2.33. The molecule has 18 heavy (non-hydrogen) atoms. The molecule has 3 heteroatoms. The summed E-state index contributed by atoms with van der Waals surface area (Å²) in [5.41, 5.74) is 0.717. The van der Waals surface area contributed by atoms with Gasteiger partial charge in [-0.25, -0.2) is 4.98 Å². The molecule has 0 N–H and O–H groups in total. The number of aryl methyl sites for hydroxylation is 1. The number of nitrogens with zero attached hydrogens (tertiary/aromatic N) is 1. The van der Waals surface area contributed by atoms with E-state index < -0.39 is 0 Å². The van der Waals surface area contributed by atoms with Gasteiger partial charge in [0.2, 0.25) is 5.88 Å². The molecule has 0 spiro atoms. The predicted octanol–water partition coefficient (Wildman–Crippen LogP) is 4.75. The molecule has 0 atom stereocenters. The van der Waals surface area contributed by atoms with Gasteiger partial charge in [-0.3, -0.25) is 0 Å². The van der Waals surface area contributed by atoms with Crippen LogP contribution in [0.2, 0.25) is 0 Å². The minimum atomic E-state index is 0.273. The van der Waals surface area contributed by atoms with E-state index in [1.54, 1.807) is 6.07 Å². The molecule has 1 aromatic heterocycles. The fourth-order valence-corrected chi connectivity index (χ4v) is 2.88. The van der Waals surface area contributed by atoms with Gasteiger partial charge in [-0.2, -0.15) is 0 Å². The smallest absolute Gasteiger partial charge is 0.228 e. The Labute approximate surface area is 120 Å². The number of halogens is 1. The largest absolute Gasteiger partial charge is 0.474 e. The van der Waals surface area contributed by atoms with Crippen molar-refractivity contribution in [2.45, 2.75) is 52.6 Å². The van der Waals surface area contributed by atoms with Crippen LogP contribution in [0.3, 0.4) is 0 Å². The monoisotopic (exact) mass is 312 g/mol. The third-order valence-electron chi connectivity index (χ3n) is 3.82. The number of hydrogen-bond donors (Lipinski definition) is 0. The molecule has 100 valence electrons. The maximum Gasteiger partial charge on any atom is 0.228 e. The van der Waals surface area contributed by atoms with E-state index in [4.69, 9.17) is 6.11 Å². The third-order valence-corrected chi connectivity index (χ3v) is 4.39. The molecule has 2 rings (SSSR count). The van der Waals surface area contributed by atoms with Crippen LogP contribution in [0, 0.1) is 18.8 Å². The SMILES string of the molecule is [2H]c1cc(Br)c(O[C@H]2CC[C@@H](C(C)C)CC2)nc1C. The summed E-state index contributed by atoms with van der Waals surface area (Å²) in [5.74, 6) is 2.26. The van der Waals surface area contributed by atoms with Gasteiger partial charge in [-0.1, -0.05) is 13.8 Å². The van der Waals surface area contributed by atoms with Crippen LogP contribution in [-0.2, 0) is 0 Å². The molecule has 0 amide bonds. The summed E-state index contributed by atoms with van der Waals surface area (Å²) in [7, 11) is 0. The van der Waals surface area contributed by atoms with Crippen molar-refractivity contribution in [2.24, 2.45) is 11.8 Å². The Kier molecular flexibility index (Phi) is 4.19. The van der Waals surface area contributed by atoms with Gasteiger partial charge in [-0.15, -0.1) is 0 Å². The van der Waals surface area contributed by atoms with Gasteiger partial charge in [0.25, 0.3) is 0 Å². The average molecular weight is 313 g/mol. The van der Waals surface area contributed by atoms with Crippen molar-refractivity contribution in [1.29, 1.82) is 0 Å². The normalized spacial score (nSPS) is 25.1. The average Bonchev–Trinajstić information content (AvgIpc) is 2.36. The molecule has 1 fully saturated rings. The summed E-state index contributed by atoms with van der Waals surface area (Å²) in [6, 6.07) is 2.21. The summed E-state index contributed by atoms with van der Waals surface area (Å²) in [6.07, 6.45) is 4.98. The van der Waals surface area contributed by atoms with Crippen LogP contribution in [0.15, 0.2) is 16.6 Å². The fourth-order valence-electron chi connectivity index (χ4n) is 2.58. The lowest BCUT2D eigenvalue weighted by Gasteiger charge is -2.31. The van der Waals surface area contributed by atoms with Crippen molar-refractivity contribution >= 4 is 15.9 Å². The second-order valence-corrected chi connectivity index (χ2v) is 6.39. The molecule has 1 heterocycles. The first-order valence-electron chi connectivity index (χ1n) is 7.27. The van der Waals surface area contributed by atoms with Crippen molar-refractivity contribution in [2.75, 3.05) is 0 Å². The van der Waals surface area contributed by atoms with Crippen LogP contribution in [0.4, 0.5) is 0 Å². The second-order valence-electron chi connectivity index (χ2n) is 5.54. The summed E-state index contributed by atoms with van der Waals surface area (Å²) in [5, 5.41) is 0. The van der Waals surface area contributed by atoms with E-state index in [0.717, 1.165) is 29.2 Å². The molecule has 1 saturated carbocycles. The minimum absolute atomic E-state index is 0.273. The molecule has 1 aromatic rings. The van der Waals surface area contributed by atoms with E-state index in [2.05, 4.69) is 34.8 Å². The molecular weight excluding hydrogens is 290 g/mol. The molecule has 0 unspecified atom stereocenters. The van der Waals surface area contributed by atoms with E-state index in [-0.39, 0.29) is 6.10 Å². The van der Waals surface area contributed by atoms with Gasteiger partial charge < -0.3 is 4.74 Å². The Morgan fingerprint density at radius 1 is 1.39 bits per heavy atom. The lowest BCUT2D eigenvalue weighted by atomic mass is 9.80. The first kappa shape index (κ1) is 12.5. The lowest BCUT2D eigenvalue weighted by molar-refractivity contribution is 0.111. The number of pyridine rings is 1. The Morgan fingerprint density at radius 3 is 2.67 bits per heavy atom. The molecule has 2 nitrogen and oxygen atoms in total. The Hall–Kier alpha value is -0.570. The van der Waals surface area contributed by atoms with Crippen LogP contribution >= 0.6 is 15.9 Å². The highest BCUT2D eigenvalue weighted by Gasteiger charge is 2.25. The summed E-state index contributed by atoms with van der Waals surface area (Å²) < 4.78 is 14.5. The zero-order chi connectivity index (χ0) is 14.0. The van der Waals surface area contributed by atoms with Gasteiger partial charge in [0.1, 0.15) is 6.10 Å². The Morgan fingerprint density at radius 2 is 2.06 bits per heavy atom. The van der Waals surface area contributed by atoms with Gasteiger partial charge in [0.05, 0.1) is 5.84 Å². The van der Waals surface area contributed by atoms with E-state index in [1.165, 1.54) is 12.8 Å². The van der Waals surface area contributed by atoms with Crippen LogP contribution < -0.4 is 4.74 Å².